The van der Waals surface area contributed by atoms with Crippen molar-refractivity contribution in [3.05, 3.63) is 82.9 Å². The molecule has 0 spiro atoms. The number of aldehydes is 1. The quantitative estimate of drug-likeness (QED) is 0.363. The van der Waals surface area contributed by atoms with Crippen molar-refractivity contribution in [1.29, 1.82) is 5.26 Å². The first kappa shape index (κ1) is 22.4. The average Bonchev–Trinajstić information content (AvgIpc) is 2.83. The molecule has 3 aromatic rings. The molecule has 0 heterocycles. The summed E-state index contributed by atoms with van der Waals surface area (Å²) in [5.74, 6) is 0.875. The Kier molecular flexibility index (Phi) is 8.40. The summed E-state index contributed by atoms with van der Waals surface area (Å²) in [4.78, 5) is 11.3. The van der Waals surface area contributed by atoms with Gasteiger partial charge in [0.25, 0.3) is 0 Å². The van der Waals surface area contributed by atoms with Gasteiger partial charge in [0.05, 0.1) is 25.3 Å². The molecule has 4 nitrogen and oxygen atoms in total. The Morgan fingerprint density at radius 3 is 2.03 bits per heavy atom. The Morgan fingerprint density at radius 2 is 1.50 bits per heavy atom. The van der Waals surface area contributed by atoms with Gasteiger partial charge in [0.1, 0.15) is 17.6 Å². The maximum atomic E-state index is 11.3. The number of nitrogens with zero attached hydrogens (tertiary/aromatic N) is 1. The summed E-state index contributed by atoms with van der Waals surface area (Å²) < 4.78 is 10.6. The maximum absolute atomic E-state index is 11.3. The lowest BCUT2D eigenvalue weighted by Gasteiger charge is -2.10. The molecule has 0 saturated carbocycles. The molecule has 0 atom stereocenters. The smallest absolute Gasteiger partial charge is 0.157 e. The Hall–Kier alpha value is -3.84. The van der Waals surface area contributed by atoms with E-state index < -0.39 is 0 Å². The molecule has 0 amide bonds. The van der Waals surface area contributed by atoms with E-state index in [0.717, 1.165) is 22.3 Å². The number of methoxy groups -OCH3 is 2. The fourth-order valence-corrected chi connectivity index (χ4v) is 3.05. The van der Waals surface area contributed by atoms with Crippen molar-refractivity contribution in [3.63, 3.8) is 0 Å². The Morgan fingerprint density at radius 1 is 0.867 bits per heavy atom. The van der Waals surface area contributed by atoms with Crippen molar-refractivity contribution in [2.75, 3.05) is 14.2 Å². The van der Waals surface area contributed by atoms with Crippen LogP contribution in [0, 0.1) is 11.3 Å². The van der Waals surface area contributed by atoms with Gasteiger partial charge in [-0.2, -0.15) is 5.26 Å². The van der Waals surface area contributed by atoms with Crippen LogP contribution in [0.15, 0.2) is 60.7 Å². The summed E-state index contributed by atoms with van der Waals surface area (Å²) in [5, 5.41) is 9.73. The number of carbonyl (C=O) groups is 1. The summed E-state index contributed by atoms with van der Waals surface area (Å²) in [6.45, 7) is 4.00. The van der Waals surface area contributed by atoms with E-state index in [2.05, 4.69) is 6.07 Å². The summed E-state index contributed by atoms with van der Waals surface area (Å²) in [5.41, 5.74) is 4.46. The van der Waals surface area contributed by atoms with E-state index in [1.807, 2.05) is 74.5 Å². The Labute approximate surface area is 178 Å². The van der Waals surface area contributed by atoms with Crippen LogP contribution < -0.4 is 9.47 Å². The SMILES string of the molecule is CC.COc1cc(/C=C/c2cccc(-c3ccccc3)c2C#N)cc(OC)c1C=O. The van der Waals surface area contributed by atoms with Crippen LogP contribution in [0.1, 0.15) is 40.9 Å². The van der Waals surface area contributed by atoms with E-state index in [-0.39, 0.29) is 0 Å². The highest BCUT2D eigenvalue weighted by atomic mass is 16.5. The van der Waals surface area contributed by atoms with Crippen LogP contribution in [0.25, 0.3) is 23.3 Å². The van der Waals surface area contributed by atoms with Crippen LogP contribution in [0.5, 0.6) is 11.5 Å². The maximum Gasteiger partial charge on any atom is 0.157 e. The third-order valence-corrected chi connectivity index (χ3v) is 4.43. The zero-order valence-electron chi connectivity index (χ0n) is 17.7. The molecule has 0 N–H and O–H groups in total. The molecule has 3 rings (SSSR count). The third kappa shape index (κ3) is 4.95. The highest BCUT2D eigenvalue weighted by Crippen LogP contribution is 2.31. The van der Waals surface area contributed by atoms with Crippen molar-refractivity contribution in [2.45, 2.75) is 13.8 Å². The molecule has 3 aromatic carbocycles. The van der Waals surface area contributed by atoms with Crippen LogP contribution in [-0.4, -0.2) is 20.5 Å². The first-order valence-corrected chi connectivity index (χ1v) is 9.69. The highest BCUT2D eigenvalue weighted by Gasteiger charge is 2.11. The second-order valence-corrected chi connectivity index (χ2v) is 6.04. The molecule has 0 radical (unpaired) electrons. The lowest BCUT2D eigenvalue weighted by molar-refractivity contribution is 0.111. The van der Waals surface area contributed by atoms with E-state index in [0.29, 0.717) is 28.9 Å². The molecule has 0 saturated heterocycles. The predicted octanol–water partition coefficient (Wildman–Crippen LogP) is 6.25. The number of hydrogen-bond acceptors (Lipinski definition) is 4. The van der Waals surface area contributed by atoms with Gasteiger partial charge in [-0.15, -0.1) is 0 Å². The molecule has 30 heavy (non-hydrogen) atoms. The van der Waals surface area contributed by atoms with Crippen LogP contribution in [0.3, 0.4) is 0 Å². The average molecular weight is 399 g/mol. The molecule has 0 unspecified atom stereocenters. The van der Waals surface area contributed by atoms with E-state index in [9.17, 15) is 10.1 Å². The van der Waals surface area contributed by atoms with Gasteiger partial charge in [0.2, 0.25) is 0 Å². The van der Waals surface area contributed by atoms with Gasteiger partial charge >= 0.3 is 0 Å². The standard InChI is InChI=1S/C24H19NO3.C2H6/c1-27-23-13-17(14-24(28-2)22(23)16-26)11-12-19-9-6-10-20(21(19)15-25)18-7-4-3-5-8-18;1-2/h3-14,16H,1-2H3;1-2H3/b12-11+;. The summed E-state index contributed by atoms with van der Waals surface area (Å²) in [6, 6.07) is 21.4. The normalized spacial score (nSPS) is 9.97. The van der Waals surface area contributed by atoms with Gasteiger partial charge in [0, 0.05) is 5.56 Å². The van der Waals surface area contributed by atoms with Gasteiger partial charge in [-0.25, -0.2) is 0 Å². The number of rotatable bonds is 6. The first-order chi connectivity index (χ1) is 14.7. The van der Waals surface area contributed by atoms with Gasteiger partial charge in [-0.05, 0) is 28.8 Å². The first-order valence-electron chi connectivity index (χ1n) is 9.69. The third-order valence-electron chi connectivity index (χ3n) is 4.43. The zero-order chi connectivity index (χ0) is 21.9. The Balaban J connectivity index is 0.00000155. The molecular formula is C26H25NO3. The van der Waals surface area contributed by atoms with Crippen LogP contribution in [-0.2, 0) is 0 Å². The van der Waals surface area contributed by atoms with Crippen molar-refractivity contribution < 1.29 is 14.3 Å². The number of benzene rings is 3. The van der Waals surface area contributed by atoms with E-state index in [1.165, 1.54) is 14.2 Å². The van der Waals surface area contributed by atoms with Gasteiger partial charge in [-0.1, -0.05) is 74.5 Å². The molecule has 0 aliphatic rings. The largest absolute Gasteiger partial charge is 0.496 e. The lowest BCUT2D eigenvalue weighted by Crippen LogP contribution is -1.96. The van der Waals surface area contributed by atoms with Crippen LogP contribution >= 0.6 is 0 Å². The minimum Gasteiger partial charge on any atom is -0.496 e. The molecule has 0 aliphatic carbocycles. The van der Waals surface area contributed by atoms with Gasteiger partial charge < -0.3 is 9.47 Å². The highest BCUT2D eigenvalue weighted by molar-refractivity contribution is 5.86. The minimum atomic E-state index is 0.367. The topological polar surface area (TPSA) is 59.3 Å². The van der Waals surface area contributed by atoms with Crippen molar-refractivity contribution in [3.8, 4) is 28.7 Å². The predicted molar refractivity (Wildman–Crippen MR) is 122 cm³/mol. The number of carbonyl (C=O) groups excluding carboxylic acids is 1. The molecule has 0 aliphatic heterocycles. The molecule has 0 bridgehead atoms. The molecular weight excluding hydrogens is 374 g/mol. The summed E-state index contributed by atoms with van der Waals surface area (Å²) in [6.07, 6.45) is 4.45. The van der Waals surface area contributed by atoms with E-state index in [4.69, 9.17) is 9.47 Å². The zero-order valence-corrected chi connectivity index (χ0v) is 17.7. The van der Waals surface area contributed by atoms with E-state index in [1.54, 1.807) is 12.1 Å². The fourth-order valence-electron chi connectivity index (χ4n) is 3.05. The fraction of sp³-hybridized carbons (Fsp3) is 0.154. The van der Waals surface area contributed by atoms with Crippen LogP contribution in [0.4, 0.5) is 0 Å². The minimum absolute atomic E-state index is 0.367. The van der Waals surface area contributed by atoms with Gasteiger partial charge in [0.15, 0.2) is 6.29 Å². The van der Waals surface area contributed by atoms with Crippen LogP contribution in [0.2, 0.25) is 0 Å². The van der Waals surface area contributed by atoms with Crippen molar-refractivity contribution in [2.24, 2.45) is 0 Å². The summed E-state index contributed by atoms with van der Waals surface area (Å²) in [7, 11) is 3.01. The second kappa shape index (κ2) is 11.2. The second-order valence-electron chi connectivity index (χ2n) is 6.04. The molecule has 152 valence electrons. The van der Waals surface area contributed by atoms with Gasteiger partial charge in [-0.3, -0.25) is 4.79 Å². The van der Waals surface area contributed by atoms with Crippen molar-refractivity contribution >= 4 is 18.4 Å². The monoisotopic (exact) mass is 399 g/mol. The number of ether oxygens (including phenoxy) is 2. The lowest BCUT2D eigenvalue weighted by atomic mass is 9.95. The van der Waals surface area contributed by atoms with E-state index >= 15 is 0 Å². The Bertz CT molecular complexity index is 1040. The molecule has 4 heteroatoms. The molecule has 0 aromatic heterocycles. The number of hydrogen-bond donors (Lipinski definition) is 0. The van der Waals surface area contributed by atoms with Crippen molar-refractivity contribution in [1.82, 2.24) is 0 Å². The number of nitriles is 1. The summed E-state index contributed by atoms with van der Waals surface area (Å²) >= 11 is 0. The molecule has 0 fully saturated rings.